The maximum atomic E-state index is 12.9. The minimum atomic E-state index is -1.75. The van der Waals surface area contributed by atoms with Gasteiger partial charge in [-0.25, -0.2) is 0 Å². The molecule has 0 heterocycles. The van der Waals surface area contributed by atoms with E-state index in [0.29, 0.717) is 25.9 Å². The quantitative estimate of drug-likeness (QED) is 0.0558. The van der Waals surface area contributed by atoms with Gasteiger partial charge in [-0.05, 0) is 72.8 Å². The molecule has 0 spiro atoms. The molecule has 3 aliphatic rings. The van der Waals surface area contributed by atoms with Gasteiger partial charge in [-0.3, -0.25) is 14.4 Å². The second-order valence-corrected chi connectivity index (χ2v) is 36.0. The molecule has 11 heteroatoms. The summed E-state index contributed by atoms with van der Waals surface area (Å²) in [5.41, 5.74) is 6.21. The van der Waals surface area contributed by atoms with Crippen LogP contribution in [0.15, 0.2) is 120 Å². The highest BCUT2D eigenvalue weighted by molar-refractivity contribution is 7.79. The summed E-state index contributed by atoms with van der Waals surface area (Å²) in [6.45, 7) is 15.0. The van der Waals surface area contributed by atoms with E-state index in [1.807, 2.05) is 54.7 Å². The second kappa shape index (κ2) is 23.1. The minimum absolute atomic E-state index is 0.0443. The highest BCUT2D eigenvalue weighted by Crippen LogP contribution is 2.42. The summed E-state index contributed by atoms with van der Waals surface area (Å²) in [6, 6.07) is 20.8. The maximum absolute atomic E-state index is 12.9. The largest absolute Gasteiger partial charge is 0.489 e. The topological polar surface area (TPSA) is 96.5 Å². The van der Waals surface area contributed by atoms with E-state index in [2.05, 4.69) is 116 Å². The van der Waals surface area contributed by atoms with E-state index >= 15 is 0 Å². The number of rotatable bonds is 26. The van der Waals surface area contributed by atoms with Crippen molar-refractivity contribution in [2.45, 2.75) is 133 Å². The van der Waals surface area contributed by atoms with Gasteiger partial charge in [0.25, 0.3) is 0 Å². The Hall–Kier alpha value is -3.91. The van der Waals surface area contributed by atoms with E-state index < -0.39 is 24.2 Å². The SMILES string of the molecule is C[Si](C)(CCCC(CCC[Si](C)(C)CNC(=O)C1=CC=CC1)(CCC[Si](C)(C)CNC(=O)C1=CC=CC1)c1ccc(OCc2ccc(CS)cc2)cc1)CNC(=O)C1=CC=CC1. The van der Waals surface area contributed by atoms with Crippen LogP contribution < -0.4 is 20.7 Å². The van der Waals surface area contributed by atoms with Crippen LogP contribution in [-0.2, 0) is 32.2 Å². The molecular weight excluding hydrogens is 835 g/mol. The molecule has 0 radical (unpaired) electrons. The first kappa shape index (κ1) is 49.1. The average molecular weight is 908 g/mol. The van der Waals surface area contributed by atoms with Crippen LogP contribution >= 0.6 is 12.6 Å². The number of hydrogen-bond donors (Lipinski definition) is 4. The molecule has 3 N–H and O–H groups in total. The molecule has 0 saturated carbocycles. The lowest BCUT2D eigenvalue weighted by Gasteiger charge is -2.38. The Kier molecular flexibility index (Phi) is 18.3. The lowest BCUT2D eigenvalue weighted by atomic mass is 9.70. The molecule has 0 atom stereocenters. The number of hydrogen-bond acceptors (Lipinski definition) is 5. The molecule has 0 aliphatic heterocycles. The monoisotopic (exact) mass is 907 g/mol. The lowest BCUT2D eigenvalue weighted by molar-refractivity contribution is -0.118. The summed E-state index contributed by atoms with van der Waals surface area (Å²) in [5.74, 6) is 1.80. The van der Waals surface area contributed by atoms with Crippen molar-refractivity contribution in [1.82, 2.24) is 16.0 Å². The molecule has 0 fully saturated rings. The van der Waals surface area contributed by atoms with Gasteiger partial charge in [-0.2, -0.15) is 12.6 Å². The molecule has 7 nitrogen and oxygen atoms in total. The van der Waals surface area contributed by atoms with Crippen LogP contribution in [0.4, 0.5) is 0 Å². The van der Waals surface area contributed by atoms with E-state index in [9.17, 15) is 14.4 Å². The first-order valence-corrected chi connectivity index (χ1v) is 33.8. The maximum Gasteiger partial charge on any atom is 0.247 e. The molecule has 3 amide bonds. The Bertz CT molecular complexity index is 1880. The molecule has 0 saturated heterocycles. The summed E-state index contributed by atoms with van der Waals surface area (Å²) in [4.78, 5) is 38.8. The predicted molar refractivity (Wildman–Crippen MR) is 271 cm³/mol. The Balaban J connectivity index is 1.33. The number of carbonyl (C=O) groups excluding carboxylic acids is 3. The van der Waals surface area contributed by atoms with Gasteiger partial charge < -0.3 is 20.7 Å². The average Bonchev–Trinajstić information content (AvgIpc) is 4.09. The van der Waals surface area contributed by atoms with Gasteiger partial charge in [0.05, 0.1) is 24.2 Å². The van der Waals surface area contributed by atoms with Crippen LogP contribution in [0.5, 0.6) is 5.75 Å². The summed E-state index contributed by atoms with van der Waals surface area (Å²) >= 11 is 4.41. The highest BCUT2D eigenvalue weighted by atomic mass is 32.1. The van der Waals surface area contributed by atoms with Gasteiger partial charge in [0.1, 0.15) is 12.4 Å². The molecule has 2 aromatic carbocycles. The Morgan fingerprint density at radius 3 is 1.27 bits per heavy atom. The fraction of sp³-hybridized carbons (Fsp3) is 0.471. The molecule has 334 valence electrons. The zero-order valence-electron chi connectivity index (χ0n) is 38.4. The van der Waals surface area contributed by atoms with E-state index in [0.717, 1.165) is 109 Å². The second-order valence-electron chi connectivity index (χ2n) is 20.1. The molecule has 0 bridgehead atoms. The summed E-state index contributed by atoms with van der Waals surface area (Å²) in [6.07, 6.45) is 28.8. The molecule has 2 aromatic rings. The molecule has 5 rings (SSSR count). The van der Waals surface area contributed by atoms with E-state index in [1.165, 1.54) is 11.1 Å². The van der Waals surface area contributed by atoms with Gasteiger partial charge in [-0.1, -0.05) is 168 Å². The van der Waals surface area contributed by atoms with Gasteiger partial charge in [0.15, 0.2) is 0 Å². The van der Waals surface area contributed by atoms with Crippen molar-refractivity contribution in [1.29, 1.82) is 0 Å². The minimum Gasteiger partial charge on any atom is -0.489 e. The van der Waals surface area contributed by atoms with Crippen LogP contribution in [0.2, 0.25) is 57.4 Å². The predicted octanol–water partition coefficient (Wildman–Crippen LogP) is 11.0. The fourth-order valence-electron chi connectivity index (χ4n) is 8.75. The van der Waals surface area contributed by atoms with Crippen LogP contribution in [0.25, 0.3) is 0 Å². The first-order chi connectivity index (χ1) is 29.6. The molecule has 0 unspecified atom stereocenters. The van der Waals surface area contributed by atoms with Crippen molar-refractivity contribution in [2.24, 2.45) is 0 Å². The molecular formula is C51H73N3O4SSi3. The number of ether oxygens (including phenoxy) is 1. The first-order valence-electron chi connectivity index (χ1n) is 22.9. The summed E-state index contributed by atoms with van der Waals surface area (Å²) in [5, 5.41) is 9.87. The van der Waals surface area contributed by atoms with Gasteiger partial charge >= 0.3 is 0 Å². The van der Waals surface area contributed by atoms with Crippen LogP contribution in [-0.4, -0.2) is 60.4 Å². The number of nitrogens with one attached hydrogen (secondary N) is 3. The smallest absolute Gasteiger partial charge is 0.247 e. The normalized spacial score (nSPS) is 15.0. The third-order valence-electron chi connectivity index (χ3n) is 13.0. The number of allylic oxidation sites excluding steroid dienone is 9. The summed E-state index contributed by atoms with van der Waals surface area (Å²) < 4.78 is 6.33. The van der Waals surface area contributed by atoms with Gasteiger partial charge in [-0.15, -0.1) is 0 Å². The number of carbonyl (C=O) groups is 3. The van der Waals surface area contributed by atoms with E-state index in [4.69, 9.17) is 4.74 Å². The van der Waals surface area contributed by atoms with Crippen molar-refractivity contribution >= 4 is 54.6 Å². The standard InChI is InChI=1S/C51H73N3O4SSi3/c1-60(2,38-52-48(55)43-16-7-8-17-43)33-13-30-51(31-14-34-61(3,4)39-53-49(56)44-18-9-10-19-44,32-15-35-62(5,6)40-54-50(57)45-20-11-12-21-45)46-26-28-47(29-27-46)58-36-41-22-24-42(37-59)25-23-41/h7-12,16,18,20,22-29,59H,13-15,17,19,21,30-40H2,1-6H3,(H,52,55)(H,53,56)(H,54,57). The Labute approximate surface area is 381 Å². The van der Waals surface area contributed by atoms with Crippen molar-refractivity contribution in [3.05, 3.63) is 137 Å². The van der Waals surface area contributed by atoms with E-state index in [-0.39, 0.29) is 23.1 Å². The molecule has 0 aromatic heterocycles. The van der Waals surface area contributed by atoms with Crippen LogP contribution in [0, 0.1) is 0 Å². The third-order valence-corrected chi connectivity index (χ3v) is 21.9. The zero-order valence-corrected chi connectivity index (χ0v) is 42.3. The Morgan fingerprint density at radius 2 is 0.935 bits per heavy atom. The Morgan fingerprint density at radius 1 is 0.565 bits per heavy atom. The van der Waals surface area contributed by atoms with Crippen molar-refractivity contribution in [2.75, 3.05) is 18.5 Å². The number of benzene rings is 2. The van der Waals surface area contributed by atoms with Gasteiger partial charge in [0.2, 0.25) is 17.7 Å². The van der Waals surface area contributed by atoms with Crippen LogP contribution in [0.1, 0.15) is 74.5 Å². The van der Waals surface area contributed by atoms with Crippen LogP contribution in [0.3, 0.4) is 0 Å². The molecule has 3 aliphatic carbocycles. The lowest BCUT2D eigenvalue weighted by Crippen LogP contribution is -2.43. The number of thiol groups is 1. The molecule has 62 heavy (non-hydrogen) atoms. The van der Waals surface area contributed by atoms with Crippen molar-refractivity contribution in [3.8, 4) is 5.75 Å². The third kappa shape index (κ3) is 15.7. The van der Waals surface area contributed by atoms with Gasteiger partial charge in [0, 0.05) is 41.0 Å². The zero-order chi connectivity index (χ0) is 44.6. The van der Waals surface area contributed by atoms with Crippen molar-refractivity contribution in [3.63, 3.8) is 0 Å². The van der Waals surface area contributed by atoms with E-state index in [1.54, 1.807) is 0 Å². The summed E-state index contributed by atoms with van der Waals surface area (Å²) in [7, 11) is -5.26. The highest BCUT2D eigenvalue weighted by Gasteiger charge is 2.35. The number of amides is 3. The van der Waals surface area contributed by atoms with Crippen molar-refractivity contribution < 1.29 is 19.1 Å². The fourth-order valence-corrected chi connectivity index (χ4v) is 14.8.